The first kappa shape index (κ1) is 18.7. The van der Waals surface area contributed by atoms with E-state index in [1.165, 1.54) is 42.1 Å². The molecular weight excluding hydrogens is 376 g/mol. The molecule has 1 aliphatic rings. The molecule has 9 heteroatoms. The fourth-order valence-corrected chi connectivity index (χ4v) is 3.92. The van der Waals surface area contributed by atoms with Crippen molar-refractivity contribution < 1.29 is 9.21 Å². The molecule has 0 radical (unpaired) electrons. The molecule has 2 aromatic heterocycles. The SMILES string of the molecule is CC(NC(=O)CSc1nnc(Cn2cncn2)o1)c1ccc2c(c1)CCCC2. The van der Waals surface area contributed by atoms with Crippen LogP contribution in [-0.4, -0.2) is 36.6 Å². The third-order valence-electron chi connectivity index (χ3n) is 4.79. The molecule has 4 rings (SSSR count). The molecule has 1 aromatic carbocycles. The Balaban J connectivity index is 1.28. The first-order valence-electron chi connectivity index (χ1n) is 9.36. The molecule has 0 saturated heterocycles. The number of nitrogens with one attached hydrogen (secondary N) is 1. The second-order valence-electron chi connectivity index (χ2n) is 6.87. The lowest BCUT2D eigenvalue weighted by molar-refractivity contribution is -0.119. The van der Waals surface area contributed by atoms with Crippen LogP contribution in [0.1, 0.15) is 48.4 Å². The summed E-state index contributed by atoms with van der Waals surface area (Å²) in [5.74, 6) is 0.585. The van der Waals surface area contributed by atoms with E-state index in [0.717, 1.165) is 18.4 Å². The molecule has 1 atom stereocenters. The van der Waals surface area contributed by atoms with Gasteiger partial charge in [0.25, 0.3) is 5.22 Å². The zero-order valence-electron chi connectivity index (χ0n) is 15.7. The Morgan fingerprint density at radius 2 is 2.14 bits per heavy atom. The van der Waals surface area contributed by atoms with Gasteiger partial charge in [-0.05, 0) is 49.3 Å². The zero-order chi connectivity index (χ0) is 19.3. The van der Waals surface area contributed by atoms with E-state index < -0.39 is 0 Å². The number of amides is 1. The first-order valence-corrected chi connectivity index (χ1v) is 10.3. The summed E-state index contributed by atoms with van der Waals surface area (Å²) >= 11 is 1.22. The Morgan fingerprint density at radius 3 is 2.96 bits per heavy atom. The van der Waals surface area contributed by atoms with E-state index in [4.69, 9.17) is 4.42 Å². The number of rotatable bonds is 7. The molecule has 0 bridgehead atoms. The van der Waals surface area contributed by atoms with Crippen LogP contribution in [-0.2, 0) is 24.2 Å². The van der Waals surface area contributed by atoms with Crippen LogP contribution in [0.5, 0.6) is 0 Å². The predicted octanol–water partition coefficient (Wildman–Crippen LogP) is 2.56. The summed E-state index contributed by atoms with van der Waals surface area (Å²) in [6, 6.07) is 6.53. The van der Waals surface area contributed by atoms with Crippen molar-refractivity contribution in [2.75, 3.05) is 5.75 Å². The van der Waals surface area contributed by atoms with Gasteiger partial charge in [0, 0.05) is 0 Å². The van der Waals surface area contributed by atoms with Crippen molar-refractivity contribution >= 4 is 17.7 Å². The fourth-order valence-electron chi connectivity index (χ4n) is 3.33. The Kier molecular flexibility index (Phi) is 5.70. The molecule has 1 N–H and O–H groups in total. The van der Waals surface area contributed by atoms with Gasteiger partial charge in [-0.15, -0.1) is 10.2 Å². The average molecular weight is 398 g/mol. The Bertz CT molecular complexity index is 940. The van der Waals surface area contributed by atoms with E-state index >= 15 is 0 Å². The summed E-state index contributed by atoms with van der Waals surface area (Å²) in [7, 11) is 0. The van der Waals surface area contributed by atoms with Gasteiger partial charge in [-0.1, -0.05) is 30.0 Å². The van der Waals surface area contributed by atoms with Crippen LogP contribution in [0.25, 0.3) is 0 Å². The molecule has 8 nitrogen and oxygen atoms in total. The minimum Gasteiger partial charge on any atom is -0.414 e. The van der Waals surface area contributed by atoms with Crippen LogP contribution in [0.4, 0.5) is 0 Å². The molecule has 0 aliphatic heterocycles. The number of hydrogen-bond acceptors (Lipinski definition) is 7. The van der Waals surface area contributed by atoms with Crippen molar-refractivity contribution in [3.05, 3.63) is 53.4 Å². The number of aryl methyl sites for hydroxylation is 2. The van der Waals surface area contributed by atoms with E-state index in [1.54, 1.807) is 11.0 Å². The number of benzene rings is 1. The van der Waals surface area contributed by atoms with Gasteiger partial charge in [-0.2, -0.15) is 5.10 Å². The van der Waals surface area contributed by atoms with Crippen LogP contribution in [0.2, 0.25) is 0 Å². The van der Waals surface area contributed by atoms with Gasteiger partial charge in [0.05, 0.1) is 11.8 Å². The van der Waals surface area contributed by atoms with Crippen molar-refractivity contribution in [3.8, 4) is 0 Å². The monoisotopic (exact) mass is 398 g/mol. The Labute approximate surface area is 167 Å². The summed E-state index contributed by atoms with van der Waals surface area (Å²) in [6.07, 6.45) is 7.83. The van der Waals surface area contributed by atoms with Crippen molar-refractivity contribution in [3.63, 3.8) is 0 Å². The molecule has 28 heavy (non-hydrogen) atoms. The largest absolute Gasteiger partial charge is 0.414 e. The number of nitrogens with zero attached hydrogens (tertiary/aromatic N) is 5. The third-order valence-corrected chi connectivity index (χ3v) is 5.61. The van der Waals surface area contributed by atoms with Gasteiger partial charge < -0.3 is 9.73 Å². The number of carbonyl (C=O) groups is 1. The highest BCUT2D eigenvalue weighted by molar-refractivity contribution is 7.99. The lowest BCUT2D eigenvalue weighted by Crippen LogP contribution is -2.28. The standard InChI is InChI=1S/C19H22N6O2S/c1-13(15-7-6-14-4-2-3-5-16(14)8-15)22-17(26)10-28-19-24-23-18(27-19)9-25-12-20-11-21-25/h6-8,11-13H,2-5,9-10H2,1H3,(H,22,26). The van der Waals surface area contributed by atoms with Crippen LogP contribution in [0.15, 0.2) is 40.5 Å². The van der Waals surface area contributed by atoms with Crippen LogP contribution in [0.3, 0.4) is 0 Å². The number of fused-ring (bicyclic) bond motifs is 1. The predicted molar refractivity (Wildman–Crippen MR) is 104 cm³/mol. The molecule has 1 amide bonds. The molecule has 1 unspecified atom stereocenters. The molecule has 1 aliphatic carbocycles. The van der Waals surface area contributed by atoms with Gasteiger partial charge >= 0.3 is 0 Å². The summed E-state index contributed by atoms with van der Waals surface area (Å²) in [6.45, 7) is 2.37. The normalized spacial score (nSPS) is 14.5. The second-order valence-corrected chi connectivity index (χ2v) is 7.79. The summed E-state index contributed by atoms with van der Waals surface area (Å²) < 4.78 is 7.12. The van der Waals surface area contributed by atoms with E-state index in [0.29, 0.717) is 17.7 Å². The number of thioether (sulfide) groups is 1. The molecule has 146 valence electrons. The maximum atomic E-state index is 12.3. The van der Waals surface area contributed by atoms with Crippen LogP contribution < -0.4 is 5.32 Å². The lowest BCUT2D eigenvalue weighted by Gasteiger charge is -2.20. The van der Waals surface area contributed by atoms with Gasteiger partial charge in [-0.25, -0.2) is 9.67 Å². The van der Waals surface area contributed by atoms with E-state index in [2.05, 4.69) is 43.8 Å². The maximum Gasteiger partial charge on any atom is 0.277 e. The molecule has 3 aromatic rings. The molecule has 0 fully saturated rings. The zero-order valence-corrected chi connectivity index (χ0v) is 16.5. The number of aromatic nitrogens is 5. The van der Waals surface area contributed by atoms with Gasteiger partial charge in [0.2, 0.25) is 11.8 Å². The smallest absolute Gasteiger partial charge is 0.277 e. The number of carbonyl (C=O) groups excluding carboxylic acids is 1. The van der Waals surface area contributed by atoms with Crippen molar-refractivity contribution in [2.24, 2.45) is 0 Å². The summed E-state index contributed by atoms with van der Waals surface area (Å²) in [5.41, 5.74) is 4.01. The first-order chi connectivity index (χ1) is 13.7. The Hall–Kier alpha value is -2.68. The lowest BCUT2D eigenvalue weighted by atomic mass is 9.89. The topological polar surface area (TPSA) is 98.7 Å². The van der Waals surface area contributed by atoms with Crippen molar-refractivity contribution in [2.45, 2.75) is 50.4 Å². The quantitative estimate of drug-likeness (QED) is 0.611. The second kappa shape index (κ2) is 8.55. The highest BCUT2D eigenvalue weighted by atomic mass is 32.2. The summed E-state index contributed by atoms with van der Waals surface area (Å²) in [5, 5.41) is 15.3. The molecular formula is C19H22N6O2S. The van der Waals surface area contributed by atoms with E-state index in [1.807, 2.05) is 6.92 Å². The third kappa shape index (κ3) is 4.59. The van der Waals surface area contributed by atoms with E-state index in [-0.39, 0.29) is 17.7 Å². The minimum absolute atomic E-state index is 0.0362. The van der Waals surface area contributed by atoms with E-state index in [9.17, 15) is 4.79 Å². The van der Waals surface area contributed by atoms with Crippen LogP contribution in [0, 0.1) is 0 Å². The molecule has 0 spiro atoms. The summed E-state index contributed by atoms with van der Waals surface area (Å²) in [4.78, 5) is 16.2. The van der Waals surface area contributed by atoms with Crippen LogP contribution >= 0.6 is 11.8 Å². The van der Waals surface area contributed by atoms with Gasteiger partial charge in [0.15, 0.2) is 0 Å². The average Bonchev–Trinajstić information content (AvgIpc) is 3.38. The van der Waals surface area contributed by atoms with Gasteiger partial charge in [-0.3, -0.25) is 4.79 Å². The maximum absolute atomic E-state index is 12.3. The van der Waals surface area contributed by atoms with Gasteiger partial charge in [0.1, 0.15) is 19.2 Å². The molecule has 0 saturated carbocycles. The minimum atomic E-state index is -0.0637. The fraction of sp³-hybridized carbons (Fsp3) is 0.421. The molecule has 2 heterocycles. The van der Waals surface area contributed by atoms with Crippen molar-refractivity contribution in [1.82, 2.24) is 30.3 Å². The Morgan fingerprint density at radius 1 is 1.29 bits per heavy atom. The van der Waals surface area contributed by atoms with Crippen molar-refractivity contribution in [1.29, 1.82) is 0 Å². The highest BCUT2D eigenvalue weighted by Crippen LogP contribution is 2.25. The highest BCUT2D eigenvalue weighted by Gasteiger charge is 2.15. The number of hydrogen-bond donors (Lipinski definition) is 1.